The summed E-state index contributed by atoms with van der Waals surface area (Å²) in [5.41, 5.74) is 6.18. The number of hydrogen-bond donors (Lipinski definition) is 1. The molecule has 10 aromatic rings. The highest BCUT2D eigenvalue weighted by atomic mass is 32.1. The van der Waals surface area contributed by atoms with Gasteiger partial charge in [-0.1, -0.05) is 134 Å². The van der Waals surface area contributed by atoms with Crippen LogP contribution in [0.4, 0.5) is 0 Å². The van der Waals surface area contributed by atoms with E-state index in [4.69, 9.17) is 34.2 Å². The van der Waals surface area contributed by atoms with E-state index >= 15 is 0 Å². The van der Waals surface area contributed by atoms with Crippen LogP contribution in [0.25, 0.3) is 87.9 Å². The number of aromatic nitrogens is 3. The first-order chi connectivity index (χ1) is 28.0. The summed E-state index contributed by atoms with van der Waals surface area (Å²) in [6.45, 7) is 8.37. The van der Waals surface area contributed by atoms with Crippen molar-refractivity contribution in [2.45, 2.75) is 0 Å². The molecule has 1 N–H and O–H groups in total. The molecule has 0 aliphatic carbocycles. The zero-order valence-electron chi connectivity index (χ0n) is 30.4. The van der Waals surface area contributed by atoms with Crippen LogP contribution in [0.5, 0.6) is 0 Å². The topological polar surface area (TPSA) is 101 Å². The van der Waals surface area contributed by atoms with Gasteiger partial charge < -0.3 is 8.83 Å². The summed E-state index contributed by atoms with van der Waals surface area (Å²) in [6, 6.07) is 50.0. The summed E-state index contributed by atoms with van der Waals surface area (Å²) in [4.78, 5) is 19.8. The molecule has 57 heavy (non-hydrogen) atoms. The maximum Gasteiger partial charge on any atom is 0.164 e. The number of aliphatic imine (C=N–C) groups is 1. The number of fused-ring (bicyclic) bond motifs is 5. The van der Waals surface area contributed by atoms with E-state index in [1.807, 2.05) is 109 Å². The number of hydrogen-bond acceptors (Lipinski definition) is 7. The molecule has 0 aliphatic heterocycles. The van der Waals surface area contributed by atoms with Gasteiger partial charge in [0.15, 0.2) is 29.1 Å². The number of furan rings is 2. The first-order valence-electron chi connectivity index (χ1n) is 18.3. The highest BCUT2D eigenvalue weighted by Crippen LogP contribution is 2.38. The standard InChI is InChI=1S/C49H31N5O2S/c1-3-35-36-24-22-33(27-40(36)56-45(35)29(2)46(50)51-44(30-14-6-4-7-15-30)41-26-32-18-10-12-20-39(32)55-41)48-52-47(31-16-8-5-9-17-31)53-49(54-48)34-23-25-38-37-19-11-13-21-42(37)57-43(38)28-34/h3-28,50H,1-2H2. The Morgan fingerprint density at radius 3 is 1.98 bits per heavy atom. The average molecular weight is 754 g/mol. The van der Waals surface area contributed by atoms with E-state index < -0.39 is 0 Å². The van der Waals surface area contributed by atoms with E-state index in [0.717, 1.165) is 38.6 Å². The Balaban J connectivity index is 1.05. The molecule has 0 spiro atoms. The largest absolute Gasteiger partial charge is 0.455 e. The third-order valence-corrected chi connectivity index (χ3v) is 11.1. The molecule has 0 unspecified atom stereocenters. The van der Waals surface area contributed by atoms with Gasteiger partial charge in [-0.25, -0.2) is 19.9 Å². The van der Waals surface area contributed by atoms with Crippen LogP contribution >= 0.6 is 11.3 Å². The van der Waals surface area contributed by atoms with Crippen molar-refractivity contribution in [1.82, 2.24) is 15.0 Å². The van der Waals surface area contributed by atoms with E-state index in [1.165, 1.54) is 20.2 Å². The van der Waals surface area contributed by atoms with Crippen molar-refractivity contribution in [2.24, 2.45) is 4.99 Å². The average Bonchev–Trinajstić information content (AvgIpc) is 3.98. The van der Waals surface area contributed by atoms with Crippen LogP contribution in [0.2, 0.25) is 0 Å². The van der Waals surface area contributed by atoms with Crippen molar-refractivity contribution >= 4 is 76.6 Å². The molecule has 0 atom stereocenters. The lowest BCUT2D eigenvalue weighted by atomic mass is 10.0. The molecule has 8 heteroatoms. The van der Waals surface area contributed by atoms with E-state index in [9.17, 15) is 0 Å². The first-order valence-corrected chi connectivity index (χ1v) is 19.2. The lowest BCUT2D eigenvalue weighted by molar-refractivity contribution is 0.601. The number of para-hydroxylation sites is 1. The van der Waals surface area contributed by atoms with E-state index in [0.29, 0.717) is 51.4 Å². The van der Waals surface area contributed by atoms with Crippen molar-refractivity contribution < 1.29 is 8.83 Å². The summed E-state index contributed by atoms with van der Waals surface area (Å²) < 4.78 is 15.1. The number of thiophene rings is 1. The predicted octanol–water partition coefficient (Wildman–Crippen LogP) is 12.9. The third kappa shape index (κ3) is 6.14. The summed E-state index contributed by atoms with van der Waals surface area (Å²) >= 11 is 1.76. The second kappa shape index (κ2) is 13.9. The van der Waals surface area contributed by atoms with Gasteiger partial charge in [0.25, 0.3) is 0 Å². The molecule has 6 aromatic carbocycles. The number of nitrogens with zero attached hydrogens (tertiary/aromatic N) is 4. The molecule has 0 amide bonds. The quantitative estimate of drug-likeness (QED) is 0.123. The molecular formula is C49H31N5O2S. The molecule has 0 saturated heterocycles. The molecule has 4 aromatic heterocycles. The SMILES string of the molecule is C=Cc1c(C(=C)C(=N)N=C(c2ccccc2)c2cc3ccccc3o2)oc2cc(-c3nc(-c4ccccc4)nc(-c4ccc5c(c4)sc4ccccc45)n3)ccc12. The van der Waals surface area contributed by atoms with Crippen LogP contribution in [0, 0.1) is 5.41 Å². The number of amidine groups is 1. The second-order valence-corrected chi connectivity index (χ2v) is 14.6. The van der Waals surface area contributed by atoms with Gasteiger partial charge in [0.1, 0.15) is 22.6 Å². The molecule has 4 heterocycles. The van der Waals surface area contributed by atoms with Gasteiger partial charge in [0.05, 0.1) is 5.57 Å². The smallest absolute Gasteiger partial charge is 0.164 e. The normalized spacial score (nSPS) is 11.8. The van der Waals surface area contributed by atoms with Crippen LogP contribution in [0.15, 0.2) is 179 Å². The minimum atomic E-state index is -0.0677. The van der Waals surface area contributed by atoms with Crippen molar-refractivity contribution in [3.05, 3.63) is 187 Å². The second-order valence-electron chi connectivity index (χ2n) is 13.5. The van der Waals surface area contributed by atoms with Crippen LogP contribution < -0.4 is 0 Å². The minimum Gasteiger partial charge on any atom is -0.455 e. The number of nitrogens with one attached hydrogen (secondary N) is 1. The Morgan fingerprint density at radius 1 is 0.596 bits per heavy atom. The maximum atomic E-state index is 9.16. The molecular weight excluding hydrogens is 723 g/mol. The van der Waals surface area contributed by atoms with Crippen molar-refractivity contribution in [2.75, 3.05) is 0 Å². The molecule has 7 nitrogen and oxygen atoms in total. The highest BCUT2D eigenvalue weighted by molar-refractivity contribution is 7.25. The van der Waals surface area contributed by atoms with Gasteiger partial charge in [0, 0.05) is 58.8 Å². The molecule has 270 valence electrons. The van der Waals surface area contributed by atoms with Crippen molar-refractivity contribution in [3.8, 4) is 34.2 Å². The van der Waals surface area contributed by atoms with Crippen molar-refractivity contribution in [3.63, 3.8) is 0 Å². The van der Waals surface area contributed by atoms with E-state index in [1.54, 1.807) is 17.4 Å². The van der Waals surface area contributed by atoms with Crippen LogP contribution in [-0.4, -0.2) is 26.5 Å². The van der Waals surface area contributed by atoms with Gasteiger partial charge in [-0.05, 0) is 36.4 Å². The lowest BCUT2D eigenvalue weighted by Crippen LogP contribution is -2.07. The van der Waals surface area contributed by atoms with E-state index in [2.05, 4.69) is 55.6 Å². The maximum absolute atomic E-state index is 9.16. The highest BCUT2D eigenvalue weighted by Gasteiger charge is 2.22. The van der Waals surface area contributed by atoms with Crippen LogP contribution in [0.3, 0.4) is 0 Å². The number of rotatable bonds is 8. The minimum absolute atomic E-state index is 0.0677. The fourth-order valence-corrected chi connectivity index (χ4v) is 8.29. The van der Waals surface area contributed by atoms with Gasteiger partial charge in [-0.2, -0.15) is 0 Å². The number of benzene rings is 6. The van der Waals surface area contributed by atoms with Crippen molar-refractivity contribution in [1.29, 1.82) is 5.41 Å². The Hall–Kier alpha value is -7.55. The van der Waals surface area contributed by atoms with Gasteiger partial charge in [-0.15, -0.1) is 11.3 Å². The van der Waals surface area contributed by atoms with Gasteiger partial charge in [-0.3, -0.25) is 5.41 Å². The predicted molar refractivity (Wildman–Crippen MR) is 234 cm³/mol. The molecule has 0 radical (unpaired) electrons. The summed E-state index contributed by atoms with van der Waals surface area (Å²) in [5.74, 6) is 2.53. The Kier molecular flexibility index (Phi) is 8.31. The molecule has 0 aliphatic rings. The van der Waals surface area contributed by atoms with E-state index in [-0.39, 0.29) is 5.84 Å². The fraction of sp³-hybridized carbons (Fsp3) is 0. The zero-order valence-corrected chi connectivity index (χ0v) is 31.3. The first kappa shape index (κ1) is 34.0. The van der Waals surface area contributed by atoms with Gasteiger partial charge in [0.2, 0.25) is 0 Å². The third-order valence-electron chi connectivity index (χ3n) is 9.98. The molecule has 0 fully saturated rings. The summed E-state index contributed by atoms with van der Waals surface area (Å²) in [5, 5.41) is 13.4. The molecule has 0 saturated carbocycles. The Morgan fingerprint density at radius 2 is 1.23 bits per heavy atom. The zero-order chi connectivity index (χ0) is 38.5. The fourth-order valence-electron chi connectivity index (χ4n) is 7.14. The van der Waals surface area contributed by atoms with Gasteiger partial charge >= 0.3 is 0 Å². The summed E-state index contributed by atoms with van der Waals surface area (Å²) in [7, 11) is 0. The Bertz CT molecular complexity index is 3210. The Labute approximate surface area is 331 Å². The lowest BCUT2D eigenvalue weighted by Gasteiger charge is -2.08. The molecule has 10 rings (SSSR count). The molecule has 0 bridgehead atoms. The van der Waals surface area contributed by atoms with Crippen LogP contribution in [-0.2, 0) is 0 Å². The summed E-state index contributed by atoms with van der Waals surface area (Å²) in [6.07, 6.45) is 1.72. The van der Waals surface area contributed by atoms with Crippen LogP contribution in [0.1, 0.15) is 22.6 Å². The monoisotopic (exact) mass is 753 g/mol.